The fourth-order valence-electron chi connectivity index (χ4n) is 3.50. The first-order chi connectivity index (χ1) is 12.6. The monoisotopic (exact) mass is 375 g/mol. The zero-order chi connectivity index (χ0) is 18.3. The van der Waals surface area contributed by atoms with Gasteiger partial charge >= 0.3 is 0 Å². The summed E-state index contributed by atoms with van der Waals surface area (Å²) >= 11 is 1.73. The minimum absolute atomic E-state index is 0.119. The molecule has 0 saturated heterocycles. The predicted octanol–water partition coefficient (Wildman–Crippen LogP) is 2.13. The molecule has 0 fully saturated rings. The molecule has 1 amide bonds. The Morgan fingerprint density at radius 2 is 2.27 bits per heavy atom. The van der Waals surface area contributed by atoms with Crippen molar-refractivity contribution in [1.29, 1.82) is 0 Å². The normalized spacial score (nSPS) is 17.2. The number of aromatic nitrogens is 4. The molecule has 0 unspecified atom stereocenters. The van der Waals surface area contributed by atoms with Gasteiger partial charge in [-0.05, 0) is 30.7 Å². The van der Waals surface area contributed by atoms with E-state index in [1.54, 1.807) is 22.2 Å². The van der Waals surface area contributed by atoms with Crippen LogP contribution in [-0.4, -0.2) is 52.5 Å². The number of aryl methyl sites for hydroxylation is 1. The third-order valence-corrected chi connectivity index (χ3v) is 6.01. The van der Waals surface area contributed by atoms with Crippen LogP contribution in [0, 0.1) is 0 Å². The molecular formula is C17H21N5O3S. The zero-order valence-corrected chi connectivity index (χ0v) is 15.8. The first-order valence-electron chi connectivity index (χ1n) is 8.62. The summed E-state index contributed by atoms with van der Waals surface area (Å²) in [6.07, 6.45) is 4.58. The highest BCUT2D eigenvalue weighted by Crippen LogP contribution is 2.42. The van der Waals surface area contributed by atoms with E-state index in [9.17, 15) is 4.79 Å². The molecule has 1 N–H and O–H groups in total. The lowest BCUT2D eigenvalue weighted by molar-refractivity contribution is -0.0974. The lowest BCUT2D eigenvalue weighted by Gasteiger charge is -2.18. The van der Waals surface area contributed by atoms with E-state index in [1.165, 1.54) is 31.1 Å². The molecule has 138 valence electrons. The van der Waals surface area contributed by atoms with Crippen LogP contribution in [0.25, 0.3) is 15.9 Å². The van der Waals surface area contributed by atoms with Crippen LogP contribution in [0.15, 0.2) is 6.33 Å². The highest BCUT2D eigenvalue weighted by Gasteiger charge is 2.26. The summed E-state index contributed by atoms with van der Waals surface area (Å²) in [6.45, 7) is 2.47. The Balaban J connectivity index is 1.72. The highest BCUT2D eigenvalue weighted by molar-refractivity contribution is 7.19. The third-order valence-electron chi connectivity index (χ3n) is 4.83. The van der Waals surface area contributed by atoms with Gasteiger partial charge in [0.05, 0.1) is 11.9 Å². The summed E-state index contributed by atoms with van der Waals surface area (Å²) in [5.74, 6) is 0.227. The Bertz CT molecular complexity index is 962. The van der Waals surface area contributed by atoms with Crippen molar-refractivity contribution in [3.05, 3.63) is 22.6 Å². The molecule has 0 radical (unpaired) electrons. The standard InChI is InChI=1S/C17H21N5O3S/c1-9-5-4-6-10-12(9)13-15-20-14(16(23)18-7-11(24-2)25-3)21-22(15)8-19-17(13)26-10/h8-9,11H,4-7H2,1-3H3,(H,18,23)/t9-/m0/s1. The number of hydrogen-bond donors (Lipinski definition) is 1. The van der Waals surface area contributed by atoms with Crippen LogP contribution >= 0.6 is 11.3 Å². The number of ether oxygens (including phenoxy) is 2. The first-order valence-corrected chi connectivity index (χ1v) is 9.44. The maximum atomic E-state index is 12.4. The van der Waals surface area contributed by atoms with Crippen LogP contribution in [0.5, 0.6) is 0 Å². The molecule has 9 heteroatoms. The van der Waals surface area contributed by atoms with Gasteiger partial charge in [0, 0.05) is 19.1 Å². The Morgan fingerprint density at radius 1 is 1.46 bits per heavy atom. The van der Waals surface area contributed by atoms with Crippen LogP contribution in [0.1, 0.15) is 46.7 Å². The largest absolute Gasteiger partial charge is 0.354 e. The van der Waals surface area contributed by atoms with Crippen molar-refractivity contribution in [2.45, 2.75) is 38.4 Å². The number of nitrogens with one attached hydrogen (secondary N) is 1. The molecule has 0 spiro atoms. The molecular weight excluding hydrogens is 354 g/mol. The van der Waals surface area contributed by atoms with Gasteiger partial charge in [0.25, 0.3) is 5.91 Å². The number of nitrogens with zero attached hydrogens (tertiary/aromatic N) is 4. The summed E-state index contributed by atoms with van der Waals surface area (Å²) in [6, 6.07) is 0. The van der Waals surface area contributed by atoms with Crippen molar-refractivity contribution in [3.63, 3.8) is 0 Å². The molecule has 1 atom stereocenters. The van der Waals surface area contributed by atoms with Gasteiger partial charge in [0.15, 0.2) is 11.9 Å². The molecule has 1 aliphatic carbocycles. The fraction of sp³-hybridized carbons (Fsp3) is 0.529. The van der Waals surface area contributed by atoms with Gasteiger partial charge in [0.1, 0.15) is 11.2 Å². The number of rotatable bonds is 5. The number of methoxy groups -OCH3 is 2. The van der Waals surface area contributed by atoms with E-state index in [-0.39, 0.29) is 18.3 Å². The zero-order valence-electron chi connectivity index (χ0n) is 15.0. The maximum absolute atomic E-state index is 12.4. The second-order valence-electron chi connectivity index (χ2n) is 6.47. The van der Waals surface area contributed by atoms with Crippen molar-refractivity contribution in [3.8, 4) is 0 Å². The van der Waals surface area contributed by atoms with Gasteiger partial charge < -0.3 is 14.8 Å². The molecule has 3 heterocycles. The van der Waals surface area contributed by atoms with Gasteiger partial charge in [-0.3, -0.25) is 4.79 Å². The van der Waals surface area contributed by atoms with Crippen LogP contribution in [0.2, 0.25) is 0 Å². The summed E-state index contributed by atoms with van der Waals surface area (Å²) in [7, 11) is 3.04. The van der Waals surface area contributed by atoms with Crippen molar-refractivity contribution in [2.75, 3.05) is 20.8 Å². The van der Waals surface area contributed by atoms with E-state index in [2.05, 4.69) is 27.3 Å². The molecule has 3 aromatic heterocycles. The minimum Gasteiger partial charge on any atom is -0.354 e. The third kappa shape index (κ3) is 2.85. The van der Waals surface area contributed by atoms with Crippen LogP contribution in [0.4, 0.5) is 0 Å². The van der Waals surface area contributed by atoms with Crippen LogP contribution in [0.3, 0.4) is 0 Å². The van der Waals surface area contributed by atoms with E-state index in [1.807, 2.05) is 0 Å². The number of carbonyl (C=O) groups is 1. The van der Waals surface area contributed by atoms with Gasteiger partial charge in [0.2, 0.25) is 5.82 Å². The van der Waals surface area contributed by atoms with Gasteiger partial charge in [-0.15, -0.1) is 16.4 Å². The molecule has 3 aromatic rings. The van der Waals surface area contributed by atoms with Crippen LogP contribution < -0.4 is 5.32 Å². The summed E-state index contributed by atoms with van der Waals surface area (Å²) < 4.78 is 11.7. The van der Waals surface area contributed by atoms with E-state index in [0.717, 1.165) is 23.1 Å². The number of carbonyl (C=O) groups excluding carboxylic acids is 1. The fourth-order valence-corrected chi connectivity index (χ4v) is 4.80. The maximum Gasteiger partial charge on any atom is 0.291 e. The van der Waals surface area contributed by atoms with E-state index in [4.69, 9.17) is 9.47 Å². The highest BCUT2D eigenvalue weighted by atomic mass is 32.1. The van der Waals surface area contributed by atoms with Gasteiger partial charge in [-0.1, -0.05) is 6.92 Å². The average molecular weight is 375 g/mol. The molecule has 26 heavy (non-hydrogen) atoms. The molecule has 0 bridgehead atoms. The minimum atomic E-state index is -0.505. The Labute approximate surface area is 154 Å². The smallest absolute Gasteiger partial charge is 0.291 e. The number of fused-ring (bicyclic) bond motifs is 5. The van der Waals surface area contributed by atoms with Crippen LogP contribution in [-0.2, 0) is 15.9 Å². The van der Waals surface area contributed by atoms with Crippen molar-refractivity contribution < 1.29 is 14.3 Å². The molecule has 0 saturated carbocycles. The second-order valence-corrected chi connectivity index (χ2v) is 7.56. The van der Waals surface area contributed by atoms with Gasteiger partial charge in [-0.2, -0.15) is 0 Å². The molecule has 0 aliphatic heterocycles. The lowest BCUT2D eigenvalue weighted by atomic mass is 9.87. The van der Waals surface area contributed by atoms with E-state index >= 15 is 0 Å². The van der Waals surface area contributed by atoms with Gasteiger partial charge in [-0.25, -0.2) is 14.5 Å². The second kappa shape index (κ2) is 6.90. The van der Waals surface area contributed by atoms with Crippen molar-refractivity contribution in [2.24, 2.45) is 0 Å². The topological polar surface area (TPSA) is 90.6 Å². The van der Waals surface area contributed by atoms with E-state index in [0.29, 0.717) is 11.6 Å². The van der Waals surface area contributed by atoms with Crippen molar-refractivity contribution >= 4 is 33.1 Å². The molecule has 4 rings (SSSR count). The summed E-state index contributed by atoms with van der Waals surface area (Å²) in [5.41, 5.74) is 2.02. The van der Waals surface area contributed by atoms with Crippen molar-refractivity contribution in [1.82, 2.24) is 24.9 Å². The molecule has 0 aromatic carbocycles. The Kier molecular flexibility index (Phi) is 4.60. The first kappa shape index (κ1) is 17.3. The number of hydrogen-bond acceptors (Lipinski definition) is 7. The lowest BCUT2D eigenvalue weighted by Crippen LogP contribution is -2.34. The predicted molar refractivity (Wildman–Crippen MR) is 97.7 cm³/mol. The summed E-state index contributed by atoms with van der Waals surface area (Å²) in [4.78, 5) is 23.8. The molecule has 8 nitrogen and oxygen atoms in total. The number of thiophene rings is 1. The van der Waals surface area contributed by atoms with E-state index < -0.39 is 6.29 Å². The number of amides is 1. The quantitative estimate of drug-likeness (QED) is 0.687. The SMILES string of the molecule is COC(CNC(=O)c1nc2c3c4c(sc3ncn2n1)CCC[C@@H]4C)OC. The Morgan fingerprint density at radius 3 is 3.04 bits per heavy atom. The average Bonchev–Trinajstić information content (AvgIpc) is 3.23. The summed E-state index contributed by atoms with van der Waals surface area (Å²) in [5, 5.41) is 8.07. The molecule has 1 aliphatic rings. The Hall–Kier alpha value is -2.10.